The van der Waals surface area contributed by atoms with Crippen molar-refractivity contribution in [3.63, 3.8) is 0 Å². The van der Waals surface area contributed by atoms with Crippen molar-refractivity contribution in [3.05, 3.63) is 194 Å². The third-order valence-corrected chi connectivity index (χ3v) is 11.4. The minimum atomic E-state index is 0.607. The zero-order chi connectivity index (χ0) is 38.2. The van der Waals surface area contributed by atoms with Crippen LogP contribution in [0.1, 0.15) is 0 Å². The molecule has 0 aliphatic carbocycles. The number of rotatable bonds is 5. The molecule has 0 saturated carbocycles. The third-order valence-electron chi connectivity index (χ3n) is 11.4. The number of furan rings is 1. The van der Waals surface area contributed by atoms with Crippen LogP contribution in [0, 0.1) is 0 Å². The van der Waals surface area contributed by atoms with Gasteiger partial charge in [-0.3, -0.25) is 0 Å². The van der Waals surface area contributed by atoms with Gasteiger partial charge in [-0.25, -0.2) is 15.0 Å². The van der Waals surface area contributed by atoms with E-state index in [0.29, 0.717) is 17.5 Å². The number of hydrogen-bond donors (Lipinski definition) is 0. The van der Waals surface area contributed by atoms with E-state index in [0.717, 1.165) is 55.3 Å². The molecule has 0 unspecified atom stereocenters. The van der Waals surface area contributed by atoms with Crippen molar-refractivity contribution < 1.29 is 4.42 Å². The van der Waals surface area contributed by atoms with Crippen LogP contribution in [0.4, 0.5) is 0 Å². The van der Waals surface area contributed by atoms with Crippen LogP contribution < -0.4 is 0 Å². The second-order valence-electron chi connectivity index (χ2n) is 14.8. The van der Waals surface area contributed by atoms with E-state index in [4.69, 9.17) is 19.4 Å². The molecule has 0 spiro atoms. The van der Waals surface area contributed by atoms with Gasteiger partial charge in [0.2, 0.25) is 0 Å². The van der Waals surface area contributed by atoms with E-state index in [-0.39, 0.29) is 0 Å². The van der Waals surface area contributed by atoms with Crippen LogP contribution in [0.2, 0.25) is 0 Å². The highest BCUT2D eigenvalue weighted by atomic mass is 16.3. The van der Waals surface area contributed by atoms with Crippen LogP contribution in [0.3, 0.4) is 0 Å². The molecule has 0 bridgehead atoms. The minimum absolute atomic E-state index is 0.607. The van der Waals surface area contributed by atoms with Gasteiger partial charge in [0.15, 0.2) is 17.5 Å². The highest BCUT2D eigenvalue weighted by molar-refractivity contribution is 6.22. The average molecular weight is 741 g/mol. The van der Waals surface area contributed by atoms with E-state index in [2.05, 4.69) is 138 Å². The number of aromatic nitrogens is 4. The largest absolute Gasteiger partial charge is 0.456 e. The lowest BCUT2D eigenvalue weighted by atomic mass is 9.97. The Morgan fingerprint density at radius 1 is 0.310 bits per heavy atom. The summed E-state index contributed by atoms with van der Waals surface area (Å²) in [7, 11) is 0. The molecule has 270 valence electrons. The lowest BCUT2D eigenvalue weighted by Gasteiger charge is -2.11. The molecule has 0 aliphatic rings. The van der Waals surface area contributed by atoms with Crippen LogP contribution in [0.25, 0.3) is 116 Å². The first kappa shape index (κ1) is 32.4. The fourth-order valence-electron chi connectivity index (χ4n) is 8.74. The smallest absolute Gasteiger partial charge is 0.164 e. The standard InChI is InChI=1S/C53H32N4O/c1-3-14-33(15-4-1)49-43-28-26-36(32-46(43)57-45-24-11-9-21-40(45)39-20-7-8-23-42(39)50(49)57)35-18-13-19-37(30-35)52-54-51(34-16-5-2-6-17-34)55-53(56-52)38-27-29-48-44(31-38)41-22-10-12-25-47(41)58-48/h1-32H. The first-order valence-electron chi connectivity index (χ1n) is 19.5. The van der Waals surface area contributed by atoms with E-state index in [1.807, 2.05) is 60.7 Å². The molecule has 12 aromatic rings. The summed E-state index contributed by atoms with van der Waals surface area (Å²) in [6, 6.07) is 68.1. The Hall–Kier alpha value is -7.89. The average Bonchev–Trinajstić information content (AvgIpc) is 3.85. The molecule has 5 nitrogen and oxygen atoms in total. The maximum Gasteiger partial charge on any atom is 0.164 e. The van der Waals surface area contributed by atoms with Crippen molar-refractivity contribution in [1.29, 1.82) is 0 Å². The highest BCUT2D eigenvalue weighted by Gasteiger charge is 2.20. The summed E-state index contributed by atoms with van der Waals surface area (Å²) >= 11 is 0. The molecule has 0 N–H and O–H groups in total. The summed E-state index contributed by atoms with van der Waals surface area (Å²) in [4.78, 5) is 15.3. The van der Waals surface area contributed by atoms with Gasteiger partial charge >= 0.3 is 0 Å². The van der Waals surface area contributed by atoms with Crippen LogP contribution in [-0.2, 0) is 0 Å². The maximum atomic E-state index is 6.14. The highest BCUT2D eigenvalue weighted by Crippen LogP contribution is 2.43. The zero-order valence-electron chi connectivity index (χ0n) is 31.2. The van der Waals surface area contributed by atoms with Crippen LogP contribution in [0.15, 0.2) is 199 Å². The van der Waals surface area contributed by atoms with E-state index in [1.165, 1.54) is 43.7 Å². The molecular formula is C53H32N4O. The number of benzene rings is 8. The van der Waals surface area contributed by atoms with Gasteiger partial charge in [-0.15, -0.1) is 0 Å². The van der Waals surface area contributed by atoms with Gasteiger partial charge in [0.05, 0.1) is 16.6 Å². The number of fused-ring (bicyclic) bond motifs is 11. The van der Waals surface area contributed by atoms with Crippen molar-refractivity contribution >= 4 is 60.0 Å². The number of nitrogens with zero attached hydrogens (tertiary/aromatic N) is 4. The van der Waals surface area contributed by atoms with E-state index in [1.54, 1.807) is 0 Å². The lowest BCUT2D eigenvalue weighted by Crippen LogP contribution is -2.00. The monoisotopic (exact) mass is 740 g/mol. The molecule has 0 radical (unpaired) electrons. The third kappa shape index (κ3) is 5.07. The molecule has 4 heterocycles. The molecular weight excluding hydrogens is 709 g/mol. The van der Waals surface area contributed by atoms with Gasteiger partial charge in [0.1, 0.15) is 11.2 Å². The second kappa shape index (κ2) is 12.8. The van der Waals surface area contributed by atoms with Gasteiger partial charge < -0.3 is 8.82 Å². The van der Waals surface area contributed by atoms with Gasteiger partial charge in [0, 0.05) is 49.2 Å². The number of pyridine rings is 1. The van der Waals surface area contributed by atoms with Gasteiger partial charge in [-0.1, -0.05) is 152 Å². The zero-order valence-corrected chi connectivity index (χ0v) is 31.2. The summed E-state index contributed by atoms with van der Waals surface area (Å²) < 4.78 is 8.61. The molecule has 8 aromatic carbocycles. The number of para-hydroxylation sites is 2. The van der Waals surface area contributed by atoms with Crippen molar-refractivity contribution in [2.45, 2.75) is 0 Å². The predicted molar refractivity (Wildman–Crippen MR) is 238 cm³/mol. The molecule has 5 heteroatoms. The van der Waals surface area contributed by atoms with Crippen molar-refractivity contribution in [1.82, 2.24) is 19.4 Å². The van der Waals surface area contributed by atoms with Crippen molar-refractivity contribution in [3.8, 4) is 56.4 Å². The summed E-state index contributed by atoms with van der Waals surface area (Å²) in [5, 5.41) is 7.03. The second-order valence-corrected chi connectivity index (χ2v) is 14.8. The Morgan fingerprint density at radius 3 is 1.66 bits per heavy atom. The predicted octanol–water partition coefficient (Wildman–Crippen LogP) is 13.8. The quantitative estimate of drug-likeness (QED) is 0.165. The van der Waals surface area contributed by atoms with Crippen LogP contribution in [-0.4, -0.2) is 19.4 Å². The Balaban J connectivity index is 1.05. The first-order valence-corrected chi connectivity index (χ1v) is 19.5. The Kier molecular flexibility index (Phi) is 7.16. The SMILES string of the molecule is c1ccc(-c2nc(-c3cccc(-c4ccc5c(-c6ccccc6)c6c7ccccc7c7ccccc7n6c5c4)c3)nc(-c3ccc4oc5ccccc5c4c3)n2)cc1. The van der Waals surface area contributed by atoms with Crippen molar-refractivity contribution in [2.75, 3.05) is 0 Å². The molecule has 0 fully saturated rings. The summed E-state index contributed by atoms with van der Waals surface area (Å²) in [6.07, 6.45) is 0. The van der Waals surface area contributed by atoms with Crippen LogP contribution in [0.5, 0.6) is 0 Å². The van der Waals surface area contributed by atoms with E-state index in [9.17, 15) is 0 Å². The molecule has 0 atom stereocenters. The molecule has 0 aliphatic heterocycles. The molecule has 0 amide bonds. The lowest BCUT2D eigenvalue weighted by molar-refractivity contribution is 0.669. The van der Waals surface area contributed by atoms with E-state index >= 15 is 0 Å². The molecule has 58 heavy (non-hydrogen) atoms. The summed E-state index contributed by atoms with van der Waals surface area (Å²) in [5.41, 5.74) is 12.6. The van der Waals surface area contributed by atoms with Gasteiger partial charge in [0.25, 0.3) is 0 Å². The minimum Gasteiger partial charge on any atom is -0.456 e. The first-order chi connectivity index (χ1) is 28.7. The summed E-state index contributed by atoms with van der Waals surface area (Å²) in [5.74, 6) is 1.84. The topological polar surface area (TPSA) is 56.2 Å². The Morgan fingerprint density at radius 2 is 0.862 bits per heavy atom. The normalized spacial score (nSPS) is 11.8. The number of hydrogen-bond acceptors (Lipinski definition) is 4. The van der Waals surface area contributed by atoms with Gasteiger partial charge in [-0.05, 0) is 64.5 Å². The van der Waals surface area contributed by atoms with E-state index < -0.39 is 0 Å². The fourth-order valence-corrected chi connectivity index (χ4v) is 8.74. The maximum absolute atomic E-state index is 6.14. The molecule has 0 saturated heterocycles. The van der Waals surface area contributed by atoms with Crippen molar-refractivity contribution in [2.24, 2.45) is 0 Å². The van der Waals surface area contributed by atoms with Crippen LogP contribution >= 0.6 is 0 Å². The fraction of sp³-hybridized carbons (Fsp3) is 0. The Bertz CT molecular complexity index is 3570. The Labute approximate surface area is 333 Å². The molecule has 4 aromatic heterocycles. The molecule has 12 rings (SSSR count). The van der Waals surface area contributed by atoms with Gasteiger partial charge in [-0.2, -0.15) is 0 Å². The summed E-state index contributed by atoms with van der Waals surface area (Å²) in [6.45, 7) is 0.